The molecule has 0 aliphatic heterocycles. The van der Waals surface area contributed by atoms with Crippen molar-refractivity contribution in [3.8, 4) is 22.1 Å². The number of carbonyl (C=O) groups is 2. The second kappa shape index (κ2) is 11.6. The Morgan fingerprint density at radius 2 is 1.86 bits per heavy atom. The first kappa shape index (κ1) is 25.1. The molecule has 9 nitrogen and oxygen atoms in total. The molecule has 0 aliphatic carbocycles. The number of aromatic nitrogens is 3. The number of halogens is 1. The maximum Gasteiger partial charge on any atom is 0.296 e. The summed E-state index contributed by atoms with van der Waals surface area (Å²) in [7, 11) is 1.56. The van der Waals surface area contributed by atoms with E-state index in [-0.39, 0.29) is 18.2 Å². The third-order valence-corrected chi connectivity index (χ3v) is 6.14. The number of pyridine rings is 1. The summed E-state index contributed by atoms with van der Waals surface area (Å²) in [6.07, 6.45) is 1.96. The lowest BCUT2D eigenvalue weighted by molar-refractivity contribution is -0.118. The first-order chi connectivity index (χ1) is 17.4. The van der Waals surface area contributed by atoms with E-state index in [1.807, 2.05) is 30.3 Å². The number of methoxy groups -OCH3 is 1. The van der Waals surface area contributed by atoms with Gasteiger partial charge in [-0.3, -0.25) is 19.9 Å². The number of anilines is 1. The van der Waals surface area contributed by atoms with Crippen molar-refractivity contribution in [2.24, 2.45) is 5.73 Å². The van der Waals surface area contributed by atoms with Crippen LogP contribution in [0.3, 0.4) is 0 Å². The van der Waals surface area contributed by atoms with E-state index in [1.165, 1.54) is 6.20 Å². The summed E-state index contributed by atoms with van der Waals surface area (Å²) in [6.45, 7) is 0.286. The number of nitrogens with zero attached hydrogens (tertiary/aromatic N) is 3. The molecule has 11 heteroatoms. The predicted octanol–water partition coefficient (Wildman–Crippen LogP) is 4.51. The van der Waals surface area contributed by atoms with Crippen LogP contribution in [0.1, 0.15) is 28.0 Å². The van der Waals surface area contributed by atoms with Crippen LogP contribution >= 0.6 is 22.9 Å². The van der Waals surface area contributed by atoms with Crippen LogP contribution in [0.15, 0.2) is 60.8 Å². The number of amides is 2. The normalized spacial score (nSPS) is 10.6. The lowest BCUT2D eigenvalue weighted by atomic mass is 9.98. The van der Waals surface area contributed by atoms with Crippen molar-refractivity contribution >= 4 is 39.9 Å². The number of nitrogens with two attached hydrogens (primary N) is 1. The van der Waals surface area contributed by atoms with Gasteiger partial charge in [0.05, 0.1) is 12.7 Å². The maximum absolute atomic E-state index is 13.2. The molecule has 0 aliphatic rings. The zero-order valence-corrected chi connectivity index (χ0v) is 20.8. The minimum Gasteiger partial charge on any atom is -0.496 e. The lowest BCUT2D eigenvalue weighted by Crippen LogP contribution is -2.15. The molecule has 4 rings (SSSR count). The molecule has 0 fully saturated rings. The molecule has 2 aromatic carbocycles. The fourth-order valence-corrected chi connectivity index (χ4v) is 4.08. The van der Waals surface area contributed by atoms with Crippen molar-refractivity contribution in [3.63, 3.8) is 0 Å². The van der Waals surface area contributed by atoms with E-state index in [0.29, 0.717) is 44.8 Å². The van der Waals surface area contributed by atoms with E-state index < -0.39 is 11.8 Å². The third kappa shape index (κ3) is 6.35. The molecule has 0 spiro atoms. The Morgan fingerprint density at radius 3 is 2.61 bits per heavy atom. The fourth-order valence-electron chi connectivity index (χ4n) is 3.37. The van der Waals surface area contributed by atoms with Crippen LogP contribution in [0.25, 0.3) is 11.1 Å². The van der Waals surface area contributed by atoms with E-state index in [9.17, 15) is 9.59 Å². The zero-order chi connectivity index (χ0) is 25.5. The topological polar surface area (TPSA) is 129 Å². The van der Waals surface area contributed by atoms with Crippen molar-refractivity contribution in [1.82, 2.24) is 15.2 Å². The molecule has 0 radical (unpaired) electrons. The van der Waals surface area contributed by atoms with Gasteiger partial charge < -0.3 is 15.2 Å². The van der Waals surface area contributed by atoms with Gasteiger partial charge in [-0.25, -0.2) is 0 Å². The Morgan fingerprint density at radius 1 is 1.08 bits per heavy atom. The molecule has 2 amide bonds. The molecule has 36 heavy (non-hydrogen) atoms. The van der Waals surface area contributed by atoms with E-state index >= 15 is 0 Å². The summed E-state index contributed by atoms with van der Waals surface area (Å²) < 4.78 is 11.2. The van der Waals surface area contributed by atoms with E-state index in [4.69, 9.17) is 26.8 Å². The third-order valence-electron chi connectivity index (χ3n) is 5.13. The summed E-state index contributed by atoms with van der Waals surface area (Å²) in [6, 6.07) is 16.3. The van der Waals surface area contributed by atoms with Crippen LogP contribution < -0.4 is 20.5 Å². The molecule has 4 aromatic rings. The standard InChI is InChI=1S/C25H22ClN5O4S/c1-34-21-5-3-2-4-18(21)19-12-17(10-11-22(27)32)28-13-20(19)23(33)29-24-30-31-25(36-24)35-14-15-6-8-16(26)9-7-15/h2-9,12-13H,10-11,14H2,1H3,(H2,27,32)(H,29,30,33). The van der Waals surface area contributed by atoms with Gasteiger partial charge in [-0.05, 0) is 47.6 Å². The molecule has 2 heterocycles. The van der Waals surface area contributed by atoms with Crippen LogP contribution in [0.4, 0.5) is 5.13 Å². The van der Waals surface area contributed by atoms with Crippen molar-refractivity contribution in [1.29, 1.82) is 0 Å². The van der Waals surface area contributed by atoms with Crippen molar-refractivity contribution in [2.75, 3.05) is 12.4 Å². The van der Waals surface area contributed by atoms with Crippen LogP contribution in [-0.2, 0) is 17.8 Å². The SMILES string of the molecule is COc1ccccc1-c1cc(CCC(N)=O)ncc1C(=O)Nc1nnc(OCc2ccc(Cl)cc2)s1. The van der Waals surface area contributed by atoms with Crippen molar-refractivity contribution in [3.05, 3.63) is 82.6 Å². The Hall–Kier alpha value is -4.02. The Bertz CT molecular complexity index is 1380. The Kier molecular flexibility index (Phi) is 8.09. The van der Waals surface area contributed by atoms with Crippen LogP contribution in [0.2, 0.25) is 5.02 Å². The average Bonchev–Trinajstić information content (AvgIpc) is 3.34. The van der Waals surface area contributed by atoms with E-state index in [2.05, 4.69) is 20.5 Å². The first-order valence-electron chi connectivity index (χ1n) is 10.9. The van der Waals surface area contributed by atoms with Gasteiger partial charge in [0.1, 0.15) is 12.4 Å². The van der Waals surface area contributed by atoms with Gasteiger partial charge in [-0.1, -0.05) is 47.0 Å². The molecular formula is C25H22ClN5O4S. The highest BCUT2D eigenvalue weighted by Gasteiger charge is 2.19. The predicted molar refractivity (Wildman–Crippen MR) is 137 cm³/mol. The van der Waals surface area contributed by atoms with Crippen LogP contribution in [-0.4, -0.2) is 34.1 Å². The Labute approximate surface area is 216 Å². The number of hydrogen-bond acceptors (Lipinski definition) is 8. The molecule has 0 bridgehead atoms. The van der Waals surface area contributed by atoms with Gasteiger partial charge in [0.2, 0.25) is 11.0 Å². The minimum absolute atomic E-state index is 0.146. The first-order valence-corrected chi connectivity index (χ1v) is 12.0. The van der Waals surface area contributed by atoms with Crippen LogP contribution in [0, 0.1) is 0 Å². The Balaban J connectivity index is 1.54. The van der Waals surface area contributed by atoms with E-state index in [0.717, 1.165) is 16.9 Å². The molecule has 0 saturated heterocycles. The lowest BCUT2D eigenvalue weighted by Gasteiger charge is -2.13. The number of primary amides is 1. The van der Waals surface area contributed by atoms with E-state index in [1.54, 1.807) is 31.4 Å². The van der Waals surface area contributed by atoms with Crippen molar-refractivity contribution < 1.29 is 19.1 Å². The number of nitrogens with one attached hydrogen (secondary N) is 1. The molecule has 0 unspecified atom stereocenters. The van der Waals surface area contributed by atoms with Gasteiger partial charge in [0.25, 0.3) is 11.1 Å². The second-order valence-corrected chi connectivity index (χ2v) is 9.01. The van der Waals surface area contributed by atoms with Gasteiger partial charge in [-0.2, -0.15) is 0 Å². The highest BCUT2D eigenvalue weighted by atomic mass is 35.5. The number of ether oxygens (including phenoxy) is 2. The molecule has 0 atom stereocenters. The molecule has 3 N–H and O–H groups in total. The average molecular weight is 524 g/mol. The second-order valence-electron chi connectivity index (χ2n) is 7.63. The monoisotopic (exact) mass is 523 g/mol. The van der Waals surface area contributed by atoms with Crippen LogP contribution in [0.5, 0.6) is 10.9 Å². The number of benzene rings is 2. The largest absolute Gasteiger partial charge is 0.496 e. The summed E-state index contributed by atoms with van der Waals surface area (Å²) >= 11 is 7.01. The zero-order valence-electron chi connectivity index (χ0n) is 19.2. The molecule has 184 valence electrons. The number of aryl methyl sites for hydroxylation is 1. The number of rotatable bonds is 10. The number of carbonyl (C=O) groups excluding carboxylic acids is 2. The maximum atomic E-state index is 13.2. The summed E-state index contributed by atoms with van der Waals surface area (Å²) in [5, 5.41) is 12.0. The van der Waals surface area contributed by atoms with Gasteiger partial charge >= 0.3 is 0 Å². The molecule has 0 saturated carbocycles. The number of para-hydroxylation sites is 1. The quantitative estimate of drug-likeness (QED) is 0.313. The summed E-state index contributed by atoms with van der Waals surface area (Å²) in [4.78, 5) is 28.8. The highest BCUT2D eigenvalue weighted by molar-refractivity contribution is 7.17. The highest BCUT2D eigenvalue weighted by Crippen LogP contribution is 2.33. The number of hydrogen-bond donors (Lipinski definition) is 2. The van der Waals surface area contributed by atoms with Gasteiger partial charge in [-0.15, -0.1) is 5.10 Å². The summed E-state index contributed by atoms with van der Waals surface area (Å²) in [5.74, 6) is -0.263. The fraction of sp³-hybridized carbons (Fsp3) is 0.160. The minimum atomic E-state index is -0.428. The van der Waals surface area contributed by atoms with Crippen molar-refractivity contribution in [2.45, 2.75) is 19.4 Å². The molecular weight excluding hydrogens is 502 g/mol. The van der Waals surface area contributed by atoms with Gasteiger partial charge in [0.15, 0.2) is 0 Å². The smallest absolute Gasteiger partial charge is 0.296 e. The molecule has 2 aromatic heterocycles. The van der Waals surface area contributed by atoms with Gasteiger partial charge in [0, 0.05) is 34.5 Å². The summed E-state index contributed by atoms with van der Waals surface area (Å²) in [5.41, 5.74) is 8.44.